The molecule has 1 aliphatic rings. The van der Waals surface area contributed by atoms with E-state index in [0.29, 0.717) is 0 Å². The number of carbonyl (C=O) groups is 2. The van der Waals surface area contributed by atoms with Crippen molar-refractivity contribution in [2.75, 3.05) is 11.1 Å². The Morgan fingerprint density at radius 1 is 0.926 bits per heavy atom. The van der Waals surface area contributed by atoms with Crippen molar-refractivity contribution in [1.29, 1.82) is 0 Å². The summed E-state index contributed by atoms with van der Waals surface area (Å²) in [7, 11) is 0. The first-order chi connectivity index (χ1) is 12.9. The number of halogens is 3. The SMILES string of the molecule is Nc1ccc(Nc2nc(Cl)nc(F)c2Cl)c2c1C(=O)c1ccccc1C2=O. The van der Waals surface area contributed by atoms with Crippen molar-refractivity contribution >= 4 is 52.0 Å². The number of benzene rings is 2. The van der Waals surface area contributed by atoms with Crippen molar-refractivity contribution < 1.29 is 14.0 Å². The molecule has 3 aromatic rings. The summed E-state index contributed by atoms with van der Waals surface area (Å²) < 4.78 is 13.7. The third-order valence-corrected chi connectivity index (χ3v) is 4.65. The standard InChI is InChI=1S/C18H9Cl2FN4O2/c19-13-16(21)24-18(20)25-17(13)23-10-6-5-9(22)11-12(10)15(27)8-4-2-1-3-7(8)14(11)26/h1-6H,22H2,(H,23,24,25). The van der Waals surface area contributed by atoms with Crippen molar-refractivity contribution in [2.24, 2.45) is 0 Å². The Hall–Kier alpha value is -3.03. The number of rotatable bonds is 2. The van der Waals surface area contributed by atoms with E-state index < -0.39 is 16.8 Å². The van der Waals surface area contributed by atoms with Crippen LogP contribution in [0.25, 0.3) is 0 Å². The van der Waals surface area contributed by atoms with Crippen LogP contribution in [0.4, 0.5) is 21.6 Å². The van der Waals surface area contributed by atoms with E-state index in [0.717, 1.165) is 0 Å². The number of anilines is 3. The van der Waals surface area contributed by atoms with Gasteiger partial charge >= 0.3 is 0 Å². The third kappa shape index (κ3) is 2.72. The molecule has 0 saturated heterocycles. The third-order valence-electron chi connectivity index (χ3n) is 4.14. The lowest BCUT2D eigenvalue weighted by atomic mass is 9.82. The highest BCUT2D eigenvalue weighted by molar-refractivity contribution is 6.34. The summed E-state index contributed by atoms with van der Waals surface area (Å²) in [5.74, 6) is -1.93. The first kappa shape index (κ1) is 17.4. The summed E-state index contributed by atoms with van der Waals surface area (Å²) in [6, 6.07) is 9.39. The number of nitrogens with one attached hydrogen (secondary N) is 1. The van der Waals surface area contributed by atoms with Crippen LogP contribution in [0.2, 0.25) is 10.3 Å². The van der Waals surface area contributed by atoms with Crippen LogP contribution >= 0.6 is 23.2 Å². The van der Waals surface area contributed by atoms with Gasteiger partial charge in [-0.3, -0.25) is 9.59 Å². The quantitative estimate of drug-likeness (QED) is 0.298. The summed E-state index contributed by atoms with van der Waals surface area (Å²) in [5.41, 5.74) is 6.96. The molecule has 1 aromatic heterocycles. The van der Waals surface area contributed by atoms with Gasteiger partial charge in [-0.1, -0.05) is 35.9 Å². The lowest BCUT2D eigenvalue weighted by Crippen LogP contribution is -2.23. The molecule has 134 valence electrons. The summed E-state index contributed by atoms with van der Waals surface area (Å²) in [6.45, 7) is 0. The summed E-state index contributed by atoms with van der Waals surface area (Å²) >= 11 is 11.6. The van der Waals surface area contributed by atoms with Crippen molar-refractivity contribution in [3.63, 3.8) is 0 Å². The lowest BCUT2D eigenvalue weighted by molar-refractivity contribution is 0.0980. The molecule has 2 aromatic carbocycles. The van der Waals surface area contributed by atoms with E-state index in [1.54, 1.807) is 24.3 Å². The molecule has 1 aliphatic carbocycles. The monoisotopic (exact) mass is 402 g/mol. The molecule has 0 bridgehead atoms. The first-order valence-electron chi connectivity index (χ1n) is 7.65. The molecule has 0 aliphatic heterocycles. The van der Waals surface area contributed by atoms with Crippen LogP contribution in [0.1, 0.15) is 31.8 Å². The predicted molar refractivity (Wildman–Crippen MR) is 99.5 cm³/mol. The Kier molecular flexibility index (Phi) is 4.05. The molecule has 0 spiro atoms. The van der Waals surface area contributed by atoms with Gasteiger partial charge in [0.05, 0.1) is 16.8 Å². The second-order valence-electron chi connectivity index (χ2n) is 5.73. The molecule has 3 N–H and O–H groups in total. The Labute approximate surface area is 162 Å². The lowest BCUT2D eigenvalue weighted by Gasteiger charge is -2.22. The number of carbonyl (C=O) groups excluding carboxylic acids is 2. The summed E-state index contributed by atoms with van der Waals surface area (Å²) in [4.78, 5) is 33.0. The number of nitrogen functional groups attached to an aromatic ring is 1. The molecule has 6 nitrogen and oxygen atoms in total. The van der Waals surface area contributed by atoms with Crippen LogP contribution in [0.15, 0.2) is 36.4 Å². The van der Waals surface area contributed by atoms with Gasteiger partial charge in [0.1, 0.15) is 5.02 Å². The van der Waals surface area contributed by atoms with E-state index in [-0.39, 0.29) is 50.5 Å². The second kappa shape index (κ2) is 6.29. The molecule has 0 atom stereocenters. The zero-order valence-electron chi connectivity index (χ0n) is 13.4. The Morgan fingerprint density at radius 3 is 2.22 bits per heavy atom. The van der Waals surface area contributed by atoms with Crippen LogP contribution in [-0.4, -0.2) is 21.5 Å². The molecule has 27 heavy (non-hydrogen) atoms. The fourth-order valence-corrected chi connectivity index (χ4v) is 3.25. The number of fused-ring (bicyclic) bond motifs is 2. The van der Waals surface area contributed by atoms with Crippen LogP contribution in [-0.2, 0) is 0 Å². The van der Waals surface area contributed by atoms with Crippen molar-refractivity contribution in [1.82, 2.24) is 9.97 Å². The van der Waals surface area contributed by atoms with Gasteiger partial charge in [-0.05, 0) is 23.7 Å². The van der Waals surface area contributed by atoms with Gasteiger partial charge < -0.3 is 11.1 Å². The zero-order chi connectivity index (χ0) is 19.3. The van der Waals surface area contributed by atoms with E-state index >= 15 is 0 Å². The van der Waals surface area contributed by atoms with Gasteiger partial charge in [-0.15, -0.1) is 0 Å². The molecule has 0 fully saturated rings. The fourth-order valence-electron chi connectivity index (χ4n) is 2.96. The maximum atomic E-state index is 13.7. The van der Waals surface area contributed by atoms with E-state index in [1.807, 2.05) is 0 Å². The van der Waals surface area contributed by atoms with E-state index in [4.69, 9.17) is 28.9 Å². The minimum Gasteiger partial charge on any atom is -0.398 e. The molecule has 0 amide bonds. The normalized spacial score (nSPS) is 12.6. The first-order valence-corrected chi connectivity index (χ1v) is 8.40. The smallest absolute Gasteiger partial charge is 0.238 e. The number of nitrogens with zero attached hydrogens (tertiary/aromatic N) is 2. The van der Waals surface area contributed by atoms with E-state index in [9.17, 15) is 14.0 Å². The van der Waals surface area contributed by atoms with Gasteiger partial charge in [0, 0.05) is 16.8 Å². The van der Waals surface area contributed by atoms with Crippen LogP contribution in [0.5, 0.6) is 0 Å². The maximum absolute atomic E-state index is 13.7. The summed E-state index contributed by atoms with van der Waals surface area (Å²) in [6.07, 6.45) is 0. The average molecular weight is 403 g/mol. The summed E-state index contributed by atoms with van der Waals surface area (Å²) in [5, 5.41) is 1.99. The van der Waals surface area contributed by atoms with Crippen molar-refractivity contribution in [3.05, 3.63) is 74.9 Å². The molecule has 0 radical (unpaired) electrons. The Morgan fingerprint density at radius 2 is 1.56 bits per heavy atom. The van der Waals surface area contributed by atoms with E-state index in [1.165, 1.54) is 12.1 Å². The Balaban J connectivity index is 1.91. The predicted octanol–water partition coefficient (Wildman–Crippen LogP) is 4.02. The van der Waals surface area contributed by atoms with Gasteiger partial charge in [0.15, 0.2) is 17.4 Å². The van der Waals surface area contributed by atoms with E-state index in [2.05, 4.69) is 15.3 Å². The minimum absolute atomic E-state index is 0.0601. The number of aromatic nitrogens is 2. The highest BCUT2D eigenvalue weighted by Crippen LogP contribution is 2.37. The highest BCUT2D eigenvalue weighted by atomic mass is 35.5. The minimum atomic E-state index is -1.02. The molecule has 9 heteroatoms. The van der Waals surface area contributed by atoms with Crippen molar-refractivity contribution in [2.45, 2.75) is 0 Å². The van der Waals surface area contributed by atoms with Gasteiger partial charge in [0.2, 0.25) is 11.2 Å². The average Bonchev–Trinajstić information content (AvgIpc) is 2.65. The number of ketones is 2. The molecule has 1 heterocycles. The number of nitrogens with two attached hydrogens (primary N) is 1. The highest BCUT2D eigenvalue weighted by Gasteiger charge is 2.33. The van der Waals surface area contributed by atoms with Gasteiger partial charge in [-0.2, -0.15) is 14.4 Å². The molecule has 4 rings (SSSR count). The van der Waals surface area contributed by atoms with Crippen molar-refractivity contribution in [3.8, 4) is 0 Å². The van der Waals surface area contributed by atoms with Crippen LogP contribution in [0, 0.1) is 5.95 Å². The van der Waals surface area contributed by atoms with Gasteiger partial charge in [-0.25, -0.2) is 0 Å². The molecular weight excluding hydrogens is 394 g/mol. The maximum Gasteiger partial charge on any atom is 0.238 e. The zero-order valence-corrected chi connectivity index (χ0v) is 14.9. The number of hydrogen-bond acceptors (Lipinski definition) is 6. The van der Waals surface area contributed by atoms with Crippen LogP contribution in [0.3, 0.4) is 0 Å². The largest absolute Gasteiger partial charge is 0.398 e. The topological polar surface area (TPSA) is 98.0 Å². The molecule has 0 unspecified atom stereocenters. The second-order valence-corrected chi connectivity index (χ2v) is 6.44. The molecule has 0 saturated carbocycles. The van der Waals surface area contributed by atoms with Gasteiger partial charge in [0.25, 0.3) is 0 Å². The number of hydrogen-bond donors (Lipinski definition) is 2. The fraction of sp³-hybridized carbons (Fsp3) is 0. The van der Waals surface area contributed by atoms with Crippen LogP contribution < -0.4 is 11.1 Å². The molecular formula is C18H9Cl2FN4O2. The Bertz CT molecular complexity index is 1150.